The van der Waals surface area contributed by atoms with Crippen molar-refractivity contribution in [3.05, 3.63) is 153 Å². The number of esters is 2. The predicted molar refractivity (Wildman–Crippen MR) is 234 cm³/mol. The van der Waals surface area contributed by atoms with Crippen LogP contribution in [0.3, 0.4) is 0 Å². The highest BCUT2D eigenvalue weighted by Gasteiger charge is 2.27. The van der Waals surface area contributed by atoms with E-state index >= 15 is 0 Å². The molecule has 0 radical (unpaired) electrons. The van der Waals surface area contributed by atoms with E-state index in [1.807, 2.05) is 121 Å². The minimum atomic E-state index is -0.820. The minimum absolute atomic E-state index is 0.000420. The number of benzene rings is 4. The van der Waals surface area contributed by atoms with Crippen LogP contribution in [0.4, 0.5) is 34.9 Å². The summed E-state index contributed by atoms with van der Waals surface area (Å²) in [4.78, 5) is 64.4. The number of carbonyl (C=O) groups excluding carboxylic acids is 2. The van der Waals surface area contributed by atoms with Crippen molar-refractivity contribution in [1.29, 1.82) is 0 Å². The quantitative estimate of drug-likeness (QED) is 0.0436. The highest BCUT2D eigenvalue weighted by molar-refractivity contribution is 5.82. The number of aromatic nitrogens is 4. The maximum absolute atomic E-state index is 12.5. The molecule has 0 bridgehead atoms. The zero-order chi connectivity index (χ0) is 44.1. The van der Waals surface area contributed by atoms with Crippen LogP contribution in [-0.2, 0) is 45.1 Å². The molecule has 0 fully saturated rings. The fourth-order valence-electron chi connectivity index (χ4n) is 5.82. The largest absolute Gasteiger partial charge is 0.471 e. The summed E-state index contributed by atoms with van der Waals surface area (Å²) in [5, 5.41) is 11.9. The number of anilines is 4. The summed E-state index contributed by atoms with van der Waals surface area (Å²) in [6.07, 6.45) is 0.615. The third kappa shape index (κ3) is 13.5. The Hall–Kier alpha value is -8.02. The van der Waals surface area contributed by atoms with E-state index in [4.69, 9.17) is 30.4 Å². The average molecular weight is 843 g/mol. The van der Waals surface area contributed by atoms with E-state index in [9.17, 15) is 19.4 Å². The van der Waals surface area contributed by atoms with Gasteiger partial charge in [-0.15, -0.1) is 9.81 Å². The molecule has 18 heteroatoms. The Morgan fingerprint density at radius 2 is 0.855 bits per heavy atom. The monoisotopic (exact) mass is 842 g/mol. The number of nitrogen functional groups attached to an aromatic ring is 2. The van der Waals surface area contributed by atoms with E-state index in [2.05, 4.69) is 40.9 Å². The van der Waals surface area contributed by atoms with Crippen LogP contribution in [-0.4, -0.2) is 57.2 Å². The van der Waals surface area contributed by atoms with Crippen molar-refractivity contribution in [2.24, 2.45) is 10.4 Å². The molecule has 0 saturated carbocycles. The van der Waals surface area contributed by atoms with E-state index in [0.717, 1.165) is 22.3 Å². The molecule has 0 saturated heterocycles. The van der Waals surface area contributed by atoms with Crippen molar-refractivity contribution in [1.82, 2.24) is 19.9 Å². The van der Waals surface area contributed by atoms with Gasteiger partial charge in [0.2, 0.25) is 23.3 Å². The van der Waals surface area contributed by atoms with Gasteiger partial charge in [-0.05, 0) is 46.5 Å². The molecular weight excluding hydrogens is 797 g/mol. The van der Waals surface area contributed by atoms with E-state index in [0.29, 0.717) is 12.8 Å². The van der Waals surface area contributed by atoms with Crippen LogP contribution >= 0.6 is 0 Å². The molecule has 62 heavy (non-hydrogen) atoms. The van der Waals surface area contributed by atoms with Gasteiger partial charge < -0.3 is 41.0 Å². The summed E-state index contributed by atoms with van der Waals surface area (Å²) in [5.74, 6) is -1.38. The molecule has 6 rings (SSSR count). The molecule has 2 aromatic heterocycles. The summed E-state index contributed by atoms with van der Waals surface area (Å²) in [6.45, 7) is 4.17. The van der Waals surface area contributed by atoms with Crippen LogP contribution in [0.5, 0.6) is 11.8 Å². The van der Waals surface area contributed by atoms with Crippen molar-refractivity contribution in [3.8, 4) is 11.8 Å². The van der Waals surface area contributed by atoms with Gasteiger partial charge in [0.15, 0.2) is 11.6 Å². The first kappa shape index (κ1) is 45.1. The number of nitrogens with two attached hydrogens (primary N) is 2. The van der Waals surface area contributed by atoms with Crippen molar-refractivity contribution in [2.45, 2.75) is 52.0 Å². The normalized spacial score (nSPS) is 11.4. The van der Waals surface area contributed by atoms with Crippen LogP contribution < -0.4 is 31.6 Å². The molecule has 0 unspecified atom stereocenters. The van der Waals surface area contributed by atoms with Crippen LogP contribution in [0.15, 0.2) is 132 Å². The van der Waals surface area contributed by atoms with Crippen molar-refractivity contribution >= 4 is 46.8 Å². The van der Waals surface area contributed by atoms with E-state index in [-0.39, 0.29) is 73.1 Å². The third-order valence-corrected chi connectivity index (χ3v) is 8.69. The standard InChI is InChI=1S/2C22H23N5O4/c2*1-2-30-21(28)17(13-15-9-5-3-6-10-15)24-19-18(27-29)20(26-22(23)25-19)31-14-16-11-7-4-8-12-16/h2*3-12,17H,2,13-14H2,1H3,(H3,23,24,25,26)/t2*17-/m00/s1. The first-order chi connectivity index (χ1) is 30.2. The second-order valence-electron chi connectivity index (χ2n) is 13.2. The summed E-state index contributed by atoms with van der Waals surface area (Å²) < 4.78 is 21.7. The Bertz CT molecular complexity index is 2200. The molecule has 6 aromatic rings. The van der Waals surface area contributed by atoms with Gasteiger partial charge in [0.1, 0.15) is 25.3 Å². The molecular formula is C44H46N10O8. The number of nitrogens with zero attached hydrogens (tertiary/aromatic N) is 6. The van der Waals surface area contributed by atoms with Crippen LogP contribution in [0.1, 0.15) is 36.1 Å². The lowest BCUT2D eigenvalue weighted by Gasteiger charge is -2.19. The van der Waals surface area contributed by atoms with Crippen molar-refractivity contribution < 1.29 is 28.5 Å². The van der Waals surface area contributed by atoms with Gasteiger partial charge in [0, 0.05) is 12.8 Å². The molecule has 0 spiro atoms. The first-order valence-corrected chi connectivity index (χ1v) is 19.5. The van der Waals surface area contributed by atoms with Gasteiger partial charge in [-0.25, -0.2) is 9.59 Å². The third-order valence-electron chi connectivity index (χ3n) is 8.69. The van der Waals surface area contributed by atoms with Gasteiger partial charge in [-0.3, -0.25) is 0 Å². The predicted octanol–water partition coefficient (Wildman–Crippen LogP) is 7.24. The van der Waals surface area contributed by atoms with E-state index < -0.39 is 24.0 Å². The topological polar surface area (TPSA) is 258 Å². The minimum Gasteiger partial charge on any atom is -0.471 e. The molecule has 4 aromatic carbocycles. The zero-order valence-corrected chi connectivity index (χ0v) is 34.0. The Balaban J connectivity index is 0.000000234. The average Bonchev–Trinajstić information content (AvgIpc) is 3.29. The van der Waals surface area contributed by atoms with Crippen LogP contribution in [0.25, 0.3) is 0 Å². The molecule has 0 aliphatic heterocycles. The van der Waals surface area contributed by atoms with Crippen LogP contribution in [0.2, 0.25) is 0 Å². The van der Waals surface area contributed by atoms with E-state index in [1.165, 1.54) is 0 Å². The summed E-state index contributed by atoms with van der Waals surface area (Å²) in [5.41, 5.74) is 14.8. The Morgan fingerprint density at radius 3 is 1.16 bits per heavy atom. The number of ether oxygens (including phenoxy) is 4. The Morgan fingerprint density at radius 1 is 0.532 bits per heavy atom. The van der Waals surface area contributed by atoms with Crippen LogP contribution in [0, 0.1) is 9.81 Å². The Kier molecular flexibility index (Phi) is 17.1. The Labute approximate surface area is 357 Å². The van der Waals surface area contributed by atoms with E-state index in [1.54, 1.807) is 13.8 Å². The SMILES string of the molecule is CCOC(=O)[C@H](Cc1ccccc1)Nc1nc(N)nc(OCc2ccccc2)c1N=O.CCOC(=O)[C@H](Cc1ccccc1)Nc1nc(N)nc(OCc2ccccc2)c1N=O. The number of nitroso groups, excluding NO2 is 2. The number of hydrogen-bond donors (Lipinski definition) is 4. The molecule has 0 aliphatic rings. The van der Waals surface area contributed by atoms with Crippen molar-refractivity contribution in [3.63, 3.8) is 0 Å². The molecule has 18 nitrogen and oxygen atoms in total. The molecule has 2 atom stereocenters. The lowest BCUT2D eigenvalue weighted by atomic mass is 10.1. The number of rotatable bonds is 20. The first-order valence-electron chi connectivity index (χ1n) is 19.5. The second-order valence-corrected chi connectivity index (χ2v) is 13.2. The van der Waals surface area contributed by atoms with Crippen molar-refractivity contribution in [2.75, 3.05) is 35.3 Å². The highest BCUT2D eigenvalue weighted by Crippen LogP contribution is 2.35. The number of nitrogens with one attached hydrogen (secondary N) is 2. The molecule has 6 N–H and O–H groups in total. The zero-order valence-electron chi connectivity index (χ0n) is 34.0. The summed E-state index contributed by atoms with van der Waals surface area (Å²) >= 11 is 0. The van der Waals surface area contributed by atoms with Gasteiger partial charge >= 0.3 is 11.9 Å². The van der Waals surface area contributed by atoms with Gasteiger partial charge in [-0.2, -0.15) is 19.9 Å². The van der Waals surface area contributed by atoms with Gasteiger partial charge in [-0.1, -0.05) is 121 Å². The van der Waals surface area contributed by atoms with Gasteiger partial charge in [0.05, 0.1) is 13.2 Å². The fraction of sp³-hybridized carbons (Fsp3) is 0.227. The maximum atomic E-state index is 12.5. The number of carbonyl (C=O) groups is 2. The highest BCUT2D eigenvalue weighted by atomic mass is 16.5. The molecule has 0 aliphatic carbocycles. The second kappa shape index (κ2) is 23.5. The van der Waals surface area contributed by atoms with Gasteiger partial charge in [0.25, 0.3) is 11.8 Å². The smallest absolute Gasteiger partial charge is 0.328 e. The molecule has 2 heterocycles. The maximum Gasteiger partial charge on any atom is 0.328 e. The summed E-state index contributed by atoms with van der Waals surface area (Å²) in [7, 11) is 0. The molecule has 320 valence electrons. The lowest BCUT2D eigenvalue weighted by molar-refractivity contribution is -0.144. The summed E-state index contributed by atoms with van der Waals surface area (Å²) in [6, 6.07) is 35.9. The number of hydrogen-bond acceptors (Lipinski definition) is 18. The molecule has 0 amide bonds. The fourth-order valence-corrected chi connectivity index (χ4v) is 5.82. The lowest BCUT2D eigenvalue weighted by Crippen LogP contribution is -2.34.